The molecule has 0 amide bonds. The van der Waals surface area contributed by atoms with Crippen molar-refractivity contribution in [2.75, 3.05) is 7.11 Å². The summed E-state index contributed by atoms with van der Waals surface area (Å²) in [5.41, 5.74) is 6.50. The first-order valence-electron chi connectivity index (χ1n) is 6.09. The molecule has 0 aliphatic rings. The third-order valence-corrected chi connectivity index (χ3v) is 2.90. The number of para-hydroxylation sites is 1. The van der Waals surface area contributed by atoms with E-state index < -0.39 is 11.6 Å². The molecule has 5 heteroatoms. The first-order chi connectivity index (χ1) is 9.67. The van der Waals surface area contributed by atoms with Crippen LogP contribution in [0.15, 0.2) is 36.4 Å². The first-order valence-corrected chi connectivity index (χ1v) is 6.09. The van der Waals surface area contributed by atoms with Gasteiger partial charge in [0, 0.05) is 17.7 Å². The molecule has 0 saturated carbocycles. The topological polar surface area (TPSA) is 44.5 Å². The maximum absolute atomic E-state index is 13.6. The van der Waals surface area contributed by atoms with Crippen molar-refractivity contribution in [2.24, 2.45) is 5.73 Å². The van der Waals surface area contributed by atoms with Gasteiger partial charge in [0.1, 0.15) is 6.61 Å². The van der Waals surface area contributed by atoms with Gasteiger partial charge in [-0.25, -0.2) is 8.78 Å². The lowest BCUT2D eigenvalue weighted by molar-refractivity contribution is 0.275. The molecule has 0 spiro atoms. The van der Waals surface area contributed by atoms with Crippen LogP contribution in [0.25, 0.3) is 0 Å². The molecule has 0 bridgehead atoms. The summed E-state index contributed by atoms with van der Waals surface area (Å²) in [6.07, 6.45) is 0. The zero-order valence-corrected chi connectivity index (χ0v) is 11.0. The van der Waals surface area contributed by atoms with Gasteiger partial charge in [-0.05, 0) is 12.1 Å². The third-order valence-electron chi connectivity index (χ3n) is 2.90. The highest BCUT2D eigenvalue weighted by Gasteiger charge is 2.12. The van der Waals surface area contributed by atoms with Crippen molar-refractivity contribution in [3.8, 4) is 11.5 Å². The van der Waals surface area contributed by atoms with Gasteiger partial charge in [0.2, 0.25) is 0 Å². The van der Waals surface area contributed by atoms with Gasteiger partial charge in [0.15, 0.2) is 23.1 Å². The second-order valence-corrected chi connectivity index (χ2v) is 4.15. The number of rotatable bonds is 5. The van der Waals surface area contributed by atoms with Gasteiger partial charge >= 0.3 is 0 Å². The Kier molecular flexibility index (Phi) is 4.53. The average Bonchev–Trinajstić information content (AvgIpc) is 2.48. The second kappa shape index (κ2) is 6.34. The number of hydrogen-bond acceptors (Lipinski definition) is 3. The highest BCUT2D eigenvalue weighted by molar-refractivity contribution is 5.46. The van der Waals surface area contributed by atoms with Crippen LogP contribution in [-0.2, 0) is 13.2 Å². The minimum absolute atomic E-state index is 0.100. The normalized spacial score (nSPS) is 10.4. The molecule has 0 fully saturated rings. The minimum Gasteiger partial charge on any atom is -0.493 e. The van der Waals surface area contributed by atoms with Crippen LogP contribution in [0.3, 0.4) is 0 Å². The number of benzene rings is 2. The van der Waals surface area contributed by atoms with E-state index in [0.29, 0.717) is 11.5 Å². The lowest BCUT2D eigenvalue weighted by Crippen LogP contribution is -2.06. The van der Waals surface area contributed by atoms with Crippen molar-refractivity contribution in [3.05, 3.63) is 59.2 Å². The van der Waals surface area contributed by atoms with Crippen molar-refractivity contribution < 1.29 is 18.3 Å². The smallest absolute Gasteiger partial charge is 0.166 e. The lowest BCUT2D eigenvalue weighted by atomic mass is 10.2. The van der Waals surface area contributed by atoms with E-state index in [4.69, 9.17) is 15.2 Å². The standard InChI is InChI=1S/C15H15F2NO2/c1-19-13-7-3-4-10(8-18)15(13)20-9-11-5-2-6-12(16)14(11)17/h2-7H,8-9,18H2,1H3. The SMILES string of the molecule is COc1cccc(CN)c1OCc1cccc(F)c1F. The van der Waals surface area contributed by atoms with E-state index in [1.165, 1.54) is 19.2 Å². The average molecular weight is 279 g/mol. The fraction of sp³-hybridized carbons (Fsp3) is 0.200. The fourth-order valence-electron chi connectivity index (χ4n) is 1.86. The van der Waals surface area contributed by atoms with E-state index in [1.807, 2.05) is 0 Å². The largest absolute Gasteiger partial charge is 0.493 e. The summed E-state index contributed by atoms with van der Waals surface area (Å²) in [5, 5.41) is 0. The molecule has 2 aromatic rings. The van der Waals surface area contributed by atoms with E-state index in [1.54, 1.807) is 18.2 Å². The predicted octanol–water partition coefficient (Wildman–Crippen LogP) is 3.01. The number of ether oxygens (including phenoxy) is 2. The van der Waals surface area contributed by atoms with Crippen LogP contribution in [0.5, 0.6) is 11.5 Å². The van der Waals surface area contributed by atoms with Crippen LogP contribution in [0, 0.1) is 11.6 Å². The van der Waals surface area contributed by atoms with Crippen molar-refractivity contribution in [1.82, 2.24) is 0 Å². The second-order valence-electron chi connectivity index (χ2n) is 4.15. The van der Waals surface area contributed by atoms with E-state index >= 15 is 0 Å². The number of nitrogens with two attached hydrogens (primary N) is 1. The summed E-state index contributed by atoms with van der Waals surface area (Å²) in [5.74, 6) is -0.854. The van der Waals surface area contributed by atoms with Crippen LogP contribution >= 0.6 is 0 Å². The van der Waals surface area contributed by atoms with Crippen LogP contribution in [-0.4, -0.2) is 7.11 Å². The fourth-order valence-corrected chi connectivity index (χ4v) is 1.86. The molecule has 0 aliphatic heterocycles. The number of methoxy groups -OCH3 is 1. The van der Waals surface area contributed by atoms with Crippen molar-refractivity contribution >= 4 is 0 Å². The van der Waals surface area contributed by atoms with Crippen LogP contribution < -0.4 is 15.2 Å². The maximum atomic E-state index is 13.6. The molecule has 2 aromatic carbocycles. The van der Waals surface area contributed by atoms with Gasteiger partial charge in [0.05, 0.1) is 7.11 Å². The summed E-state index contributed by atoms with van der Waals surface area (Å²) in [7, 11) is 1.51. The maximum Gasteiger partial charge on any atom is 0.166 e. The monoisotopic (exact) mass is 279 g/mol. The van der Waals surface area contributed by atoms with Crippen molar-refractivity contribution in [1.29, 1.82) is 0 Å². The molecular weight excluding hydrogens is 264 g/mol. The molecule has 0 radical (unpaired) electrons. The molecule has 20 heavy (non-hydrogen) atoms. The molecule has 3 nitrogen and oxygen atoms in total. The third kappa shape index (κ3) is 2.88. The number of hydrogen-bond donors (Lipinski definition) is 1. The molecule has 0 saturated heterocycles. The zero-order chi connectivity index (χ0) is 14.5. The van der Waals surface area contributed by atoms with E-state index in [0.717, 1.165) is 11.6 Å². The summed E-state index contributed by atoms with van der Waals surface area (Å²) in [4.78, 5) is 0. The van der Waals surface area contributed by atoms with E-state index in [9.17, 15) is 8.78 Å². The highest BCUT2D eigenvalue weighted by atomic mass is 19.2. The first kappa shape index (κ1) is 14.3. The van der Waals surface area contributed by atoms with Crippen LogP contribution in [0.4, 0.5) is 8.78 Å². The van der Waals surface area contributed by atoms with Gasteiger partial charge in [0.25, 0.3) is 0 Å². The Labute approximate surface area is 115 Å². The Balaban J connectivity index is 2.24. The molecule has 2 rings (SSSR count). The molecule has 106 valence electrons. The van der Waals surface area contributed by atoms with Gasteiger partial charge in [-0.3, -0.25) is 0 Å². The Morgan fingerprint density at radius 2 is 1.75 bits per heavy atom. The van der Waals surface area contributed by atoms with Gasteiger partial charge in [-0.15, -0.1) is 0 Å². The Morgan fingerprint density at radius 1 is 1.05 bits per heavy atom. The van der Waals surface area contributed by atoms with Crippen LogP contribution in [0.2, 0.25) is 0 Å². The summed E-state index contributed by atoms with van der Waals surface area (Å²) >= 11 is 0. The Bertz CT molecular complexity index is 580. The molecule has 2 N–H and O–H groups in total. The van der Waals surface area contributed by atoms with Crippen molar-refractivity contribution in [2.45, 2.75) is 13.2 Å². The summed E-state index contributed by atoms with van der Waals surface area (Å²) in [6.45, 7) is 0.162. The highest BCUT2D eigenvalue weighted by Crippen LogP contribution is 2.31. The quantitative estimate of drug-likeness (QED) is 0.915. The van der Waals surface area contributed by atoms with Gasteiger partial charge < -0.3 is 15.2 Å². The van der Waals surface area contributed by atoms with Crippen molar-refractivity contribution in [3.63, 3.8) is 0 Å². The molecular formula is C15H15F2NO2. The van der Waals surface area contributed by atoms with E-state index in [2.05, 4.69) is 0 Å². The Morgan fingerprint density at radius 3 is 2.45 bits per heavy atom. The summed E-state index contributed by atoms with van der Waals surface area (Å²) in [6, 6.07) is 9.26. The predicted molar refractivity (Wildman–Crippen MR) is 71.6 cm³/mol. The van der Waals surface area contributed by atoms with Crippen LogP contribution in [0.1, 0.15) is 11.1 Å². The lowest BCUT2D eigenvalue weighted by Gasteiger charge is -2.14. The molecule has 0 aliphatic carbocycles. The molecule has 0 unspecified atom stereocenters. The molecule has 0 aromatic heterocycles. The Hall–Kier alpha value is -2.14. The number of halogens is 2. The zero-order valence-electron chi connectivity index (χ0n) is 11.0. The summed E-state index contributed by atoms with van der Waals surface area (Å²) < 4.78 is 37.4. The minimum atomic E-state index is -0.906. The van der Waals surface area contributed by atoms with E-state index in [-0.39, 0.29) is 18.7 Å². The van der Waals surface area contributed by atoms with Gasteiger partial charge in [-0.1, -0.05) is 24.3 Å². The molecule has 0 atom stereocenters. The molecule has 0 heterocycles. The van der Waals surface area contributed by atoms with Gasteiger partial charge in [-0.2, -0.15) is 0 Å².